The number of hydrogen-bond donors (Lipinski definition) is 0. The number of carbonyl (C=O) groups is 1. The molecule has 0 fully saturated rings. The molecule has 1 amide bonds. The summed E-state index contributed by atoms with van der Waals surface area (Å²) in [4.78, 5) is 18.5. The molecule has 4 heteroatoms. The fraction of sp³-hybridized carbons (Fsp3) is 0.375. The van der Waals surface area contributed by atoms with E-state index in [9.17, 15) is 4.79 Å². The van der Waals surface area contributed by atoms with Gasteiger partial charge in [0.25, 0.3) is 0 Å². The van der Waals surface area contributed by atoms with Crippen molar-refractivity contribution in [2.24, 2.45) is 0 Å². The number of para-hydroxylation sites is 1. The summed E-state index contributed by atoms with van der Waals surface area (Å²) in [6.45, 7) is 7.62. The van der Waals surface area contributed by atoms with Crippen LogP contribution in [0.4, 0.5) is 0 Å². The minimum absolute atomic E-state index is 0.174. The van der Waals surface area contributed by atoms with Gasteiger partial charge in [0.2, 0.25) is 5.91 Å². The summed E-state index contributed by atoms with van der Waals surface area (Å²) in [7, 11) is 0. The lowest BCUT2D eigenvalue weighted by Crippen LogP contribution is -2.31. The van der Waals surface area contributed by atoms with E-state index in [1.165, 1.54) is 22.7 Å². The van der Waals surface area contributed by atoms with Crippen LogP contribution in [0.15, 0.2) is 35.4 Å². The lowest BCUT2D eigenvalue weighted by molar-refractivity contribution is -0.127. The highest BCUT2D eigenvalue weighted by Gasteiger charge is 2.11. The van der Waals surface area contributed by atoms with Crippen LogP contribution in [0.5, 0.6) is 0 Å². The smallest absolute Gasteiger partial charge is 0.232 e. The van der Waals surface area contributed by atoms with Gasteiger partial charge in [0.1, 0.15) is 0 Å². The van der Waals surface area contributed by atoms with E-state index in [4.69, 9.17) is 0 Å². The van der Waals surface area contributed by atoms with Crippen molar-refractivity contribution in [2.75, 3.05) is 18.8 Å². The van der Waals surface area contributed by atoms with Crippen molar-refractivity contribution in [3.63, 3.8) is 0 Å². The summed E-state index contributed by atoms with van der Waals surface area (Å²) in [5.41, 5.74) is 2.19. The first-order chi connectivity index (χ1) is 9.65. The van der Waals surface area contributed by atoms with Gasteiger partial charge in [-0.3, -0.25) is 4.79 Å². The molecule has 1 aromatic heterocycles. The van der Waals surface area contributed by atoms with Crippen LogP contribution in [-0.2, 0) is 4.79 Å². The molecule has 0 atom stereocenters. The van der Waals surface area contributed by atoms with E-state index in [0.29, 0.717) is 5.75 Å². The number of carbonyl (C=O) groups excluding carboxylic acids is 1. The lowest BCUT2D eigenvalue weighted by atomic mass is 10.1. The monoisotopic (exact) mass is 288 g/mol. The topological polar surface area (TPSA) is 33.2 Å². The molecule has 2 rings (SSSR count). The lowest BCUT2D eigenvalue weighted by Gasteiger charge is -2.18. The number of benzene rings is 1. The van der Waals surface area contributed by atoms with Crippen molar-refractivity contribution in [3.8, 4) is 0 Å². The average molecular weight is 288 g/mol. The zero-order valence-corrected chi connectivity index (χ0v) is 13.0. The number of hydrogen-bond acceptors (Lipinski definition) is 3. The molecule has 0 aliphatic carbocycles. The molecule has 0 saturated carbocycles. The van der Waals surface area contributed by atoms with Gasteiger partial charge in [0, 0.05) is 18.5 Å². The average Bonchev–Trinajstić information content (AvgIpc) is 2.46. The minimum atomic E-state index is 0.174. The highest BCUT2D eigenvalue weighted by molar-refractivity contribution is 7.99. The first kappa shape index (κ1) is 14.9. The Kier molecular flexibility index (Phi) is 5.01. The van der Waals surface area contributed by atoms with E-state index in [2.05, 4.69) is 24.0 Å². The normalized spacial score (nSPS) is 10.8. The molecule has 0 saturated heterocycles. The standard InChI is InChI=1S/C16H20N2OS/c1-4-18(5-2)16(19)11-20-15-10-12(3)13-8-6-7-9-14(13)17-15/h6-10H,4-5,11H2,1-3H3. The van der Waals surface area contributed by atoms with Gasteiger partial charge >= 0.3 is 0 Å². The summed E-state index contributed by atoms with van der Waals surface area (Å²) in [6.07, 6.45) is 0. The molecule has 0 unspecified atom stereocenters. The van der Waals surface area contributed by atoms with Crippen LogP contribution in [-0.4, -0.2) is 34.6 Å². The zero-order valence-electron chi connectivity index (χ0n) is 12.2. The van der Waals surface area contributed by atoms with E-state index in [1.54, 1.807) is 0 Å². The Hall–Kier alpha value is -1.55. The minimum Gasteiger partial charge on any atom is -0.343 e. The SMILES string of the molecule is CCN(CC)C(=O)CSc1cc(C)c2ccccc2n1. The molecule has 106 valence electrons. The summed E-state index contributed by atoms with van der Waals surface area (Å²) >= 11 is 1.51. The van der Waals surface area contributed by atoms with Gasteiger partial charge in [-0.15, -0.1) is 0 Å². The molecule has 0 bridgehead atoms. The van der Waals surface area contributed by atoms with E-state index in [1.807, 2.05) is 36.9 Å². The number of amides is 1. The molecular formula is C16H20N2OS. The third kappa shape index (κ3) is 3.31. The van der Waals surface area contributed by atoms with Gasteiger partial charge in [-0.25, -0.2) is 4.98 Å². The van der Waals surface area contributed by atoms with Crippen molar-refractivity contribution < 1.29 is 4.79 Å². The van der Waals surface area contributed by atoms with Gasteiger partial charge in [0.15, 0.2) is 0 Å². The molecule has 20 heavy (non-hydrogen) atoms. The number of thioether (sulfide) groups is 1. The first-order valence-electron chi connectivity index (χ1n) is 6.92. The second kappa shape index (κ2) is 6.75. The van der Waals surface area contributed by atoms with Crippen LogP contribution < -0.4 is 0 Å². The van der Waals surface area contributed by atoms with E-state index >= 15 is 0 Å². The van der Waals surface area contributed by atoms with Gasteiger partial charge in [-0.1, -0.05) is 30.0 Å². The fourth-order valence-corrected chi connectivity index (χ4v) is 3.07. The van der Waals surface area contributed by atoms with Crippen LogP contribution in [0.1, 0.15) is 19.4 Å². The maximum Gasteiger partial charge on any atom is 0.232 e. The van der Waals surface area contributed by atoms with Crippen molar-refractivity contribution in [1.82, 2.24) is 9.88 Å². The quantitative estimate of drug-likeness (QED) is 0.789. The third-order valence-electron chi connectivity index (χ3n) is 3.36. The highest BCUT2D eigenvalue weighted by Crippen LogP contribution is 2.23. The molecule has 0 aliphatic heterocycles. The predicted molar refractivity (Wildman–Crippen MR) is 85.1 cm³/mol. The van der Waals surface area contributed by atoms with Gasteiger partial charge < -0.3 is 4.90 Å². The van der Waals surface area contributed by atoms with E-state index in [-0.39, 0.29) is 5.91 Å². The maximum absolute atomic E-state index is 12.0. The largest absolute Gasteiger partial charge is 0.343 e. The van der Waals surface area contributed by atoms with Crippen LogP contribution in [0, 0.1) is 6.92 Å². The second-order valence-electron chi connectivity index (χ2n) is 4.65. The summed E-state index contributed by atoms with van der Waals surface area (Å²) in [5, 5.41) is 2.09. The van der Waals surface area contributed by atoms with Crippen molar-refractivity contribution in [1.29, 1.82) is 0 Å². The summed E-state index contributed by atoms with van der Waals surface area (Å²) < 4.78 is 0. The fourth-order valence-electron chi connectivity index (χ4n) is 2.20. The number of aryl methyl sites for hydroxylation is 1. The van der Waals surface area contributed by atoms with Crippen LogP contribution in [0.2, 0.25) is 0 Å². The molecule has 1 aromatic carbocycles. The molecule has 0 aliphatic rings. The molecule has 0 spiro atoms. The van der Waals surface area contributed by atoms with Crippen LogP contribution in [0.25, 0.3) is 10.9 Å². The Bertz CT molecular complexity index is 608. The van der Waals surface area contributed by atoms with Crippen LogP contribution >= 0.6 is 11.8 Å². The van der Waals surface area contributed by atoms with E-state index in [0.717, 1.165) is 23.6 Å². The van der Waals surface area contributed by atoms with Gasteiger partial charge in [-0.05, 0) is 38.5 Å². The number of aromatic nitrogens is 1. The van der Waals surface area contributed by atoms with Gasteiger partial charge in [0.05, 0.1) is 16.3 Å². The summed E-state index contributed by atoms with van der Waals surface area (Å²) in [6, 6.07) is 10.2. The summed E-state index contributed by atoms with van der Waals surface area (Å²) in [5.74, 6) is 0.625. The second-order valence-corrected chi connectivity index (χ2v) is 5.64. The molecule has 0 radical (unpaired) electrons. The van der Waals surface area contributed by atoms with E-state index < -0.39 is 0 Å². The van der Waals surface area contributed by atoms with Crippen molar-refractivity contribution in [2.45, 2.75) is 25.8 Å². The number of pyridine rings is 1. The number of rotatable bonds is 5. The van der Waals surface area contributed by atoms with Crippen molar-refractivity contribution in [3.05, 3.63) is 35.9 Å². The molecular weight excluding hydrogens is 268 g/mol. The Morgan fingerprint density at radius 1 is 1.25 bits per heavy atom. The molecule has 2 aromatic rings. The molecule has 3 nitrogen and oxygen atoms in total. The first-order valence-corrected chi connectivity index (χ1v) is 7.91. The van der Waals surface area contributed by atoms with Crippen molar-refractivity contribution >= 4 is 28.6 Å². The molecule has 1 heterocycles. The maximum atomic E-state index is 12.0. The van der Waals surface area contributed by atoms with Crippen LogP contribution in [0.3, 0.4) is 0 Å². The highest BCUT2D eigenvalue weighted by atomic mass is 32.2. The Morgan fingerprint density at radius 3 is 2.65 bits per heavy atom. The van der Waals surface area contributed by atoms with Gasteiger partial charge in [-0.2, -0.15) is 0 Å². The Balaban J connectivity index is 2.12. The number of fused-ring (bicyclic) bond motifs is 1. The Labute approximate surface area is 124 Å². The Morgan fingerprint density at radius 2 is 1.95 bits per heavy atom. The third-order valence-corrected chi connectivity index (χ3v) is 4.26. The number of nitrogens with zero attached hydrogens (tertiary/aromatic N) is 2. The predicted octanol–water partition coefficient (Wildman–Crippen LogP) is 3.50. The zero-order chi connectivity index (χ0) is 14.5. The molecule has 0 N–H and O–H groups in total.